The second-order valence-electron chi connectivity index (χ2n) is 6.33. The fourth-order valence-corrected chi connectivity index (χ4v) is 3.63. The summed E-state index contributed by atoms with van der Waals surface area (Å²) in [6.07, 6.45) is -15.0. The molecule has 158 valence electrons. The van der Waals surface area contributed by atoms with Crippen LogP contribution in [0.1, 0.15) is 0 Å². The van der Waals surface area contributed by atoms with E-state index < -0.39 is 78.1 Å². The minimum atomic E-state index is -5.08. The van der Waals surface area contributed by atoms with E-state index >= 15 is 0 Å². The highest BCUT2D eigenvalue weighted by molar-refractivity contribution is 7.80. The summed E-state index contributed by atoms with van der Waals surface area (Å²) in [5.74, 6) is -3.07. The van der Waals surface area contributed by atoms with Gasteiger partial charge in [0.05, 0.1) is 13.2 Å². The Morgan fingerprint density at radius 2 is 1.78 bits per heavy atom. The predicted molar refractivity (Wildman–Crippen MR) is 76.8 cm³/mol. The maximum Gasteiger partial charge on any atom is 0.397 e. The molecule has 0 aliphatic carbocycles. The lowest BCUT2D eigenvalue weighted by Gasteiger charge is -2.47. The van der Waals surface area contributed by atoms with Crippen molar-refractivity contribution in [1.82, 2.24) is 0 Å². The second-order valence-corrected chi connectivity index (χ2v) is 7.38. The van der Waals surface area contributed by atoms with Gasteiger partial charge in [-0.05, 0) is 0 Å². The SMILES string of the molecule is O=S(=O)(O)O[C@@H]1[C@@H](O[C@@]2(O)O[C@H](CO)[C@H](O)[C@H](O)[C@H]2O)O[C@@H]2CO[C@@H]1[C@H]2O. The maximum atomic E-state index is 11.1. The van der Waals surface area contributed by atoms with E-state index in [2.05, 4.69) is 4.18 Å². The predicted octanol–water partition coefficient (Wildman–Crippen LogP) is -5.20. The summed E-state index contributed by atoms with van der Waals surface area (Å²) in [5.41, 5.74) is 0. The molecule has 3 aliphatic rings. The van der Waals surface area contributed by atoms with Crippen LogP contribution in [0.4, 0.5) is 0 Å². The van der Waals surface area contributed by atoms with E-state index in [1.807, 2.05) is 0 Å². The van der Waals surface area contributed by atoms with Gasteiger partial charge in [-0.15, -0.1) is 0 Å². The van der Waals surface area contributed by atoms with E-state index in [9.17, 15) is 39.1 Å². The minimum Gasteiger partial charge on any atom is -0.394 e. The zero-order valence-corrected chi connectivity index (χ0v) is 14.3. The monoisotopic (exact) mass is 420 g/mol. The maximum absolute atomic E-state index is 11.1. The molecule has 3 aliphatic heterocycles. The number of hydrogen-bond donors (Lipinski definition) is 7. The van der Waals surface area contributed by atoms with E-state index in [-0.39, 0.29) is 6.61 Å². The molecule has 3 fully saturated rings. The third-order valence-corrected chi connectivity index (χ3v) is 4.98. The van der Waals surface area contributed by atoms with Gasteiger partial charge in [-0.3, -0.25) is 9.29 Å². The molecule has 3 heterocycles. The summed E-state index contributed by atoms with van der Waals surface area (Å²) in [4.78, 5) is 0. The Kier molecular flexibility index (Phi) is 5.79. The van der Waals surface area contributed by atoms with E-state index in [1.165, 1.54) is 0 Å². The third-order valence-electron chi connectivity index (χ3n) is 4.52. The van der Waals surface area contributed by atoms with Crippen LogP contribution in [0.15, 0.2) is 0 Å². The number of aliphatic hydroxyl groups is 6. The van der Waals surface area contributed by atoms with Crippen LogP contribution >= 0.6 is 0 Å². The molecule has 27 heavy (non-hydrogen) atoms. The van der Waals surface area contributed by atoms with Crippen molar-refractivity contribution in [3.8, 4) is 0 Å². The first-order chi connectivity index (χ1) is 12.5. The highest BCUT2D eigenvalue weighted by Gasteiger charge is 2.60. The van der Waals surface area contributed by atoms with Crippen molar-refractivity contribution in [1.29, 1.82) is 0 Å². The summed E-state index contributed by atoms with van der Waals surface area (Å²) in [7, 11) is -5.08. The van der Waals surface area contributed by atoms with Crippen molar-refractivity contribution in [2.24, 2.45) is 0 Å². The van der Waals surface area contributed by atoms with Crippen LogP contribution in [0.5, 0.6) is 0 Å². The zero-order chi connectivity index (χ0) is 20.1. The van der Waals surface area contributed by atoms with E-state index in [0.717, 1.165) is 0 Å². The van der Waals surface area contributed by atoms with Crippen molar-refractivity contribution < 1.29 is 66.7 Å². The van der Waals surface area contributed by atoms with Crippen LogP contribution in [0.3, 0.4) is 0 Å². The van der Waals surface area contributed by atoms with Crippen molar-refractivity contribution in [3.05, 3.63) is 0 Å². The Labute approximate surface area is 152 Å². The lowest BCUT2D eigenvalue weighted by molar-refractivity contribution is -0.484. The summed E-state index contributed by atoms with van der Waals surface area (Å²) < 4.78 is 55.8. The zero-order valence-electron chi connectivity index (χ0n) is 13.5. The van der Waals surface area contributed by atoms with Crippen LogP contribution < -0.4 is 0 Å². The lowest BCUT2D eigenvalue weighted by atomic mass is 9.97. The van der Waals surface area contributed by atoms with E-state index in [4.69, 9.17) is 23.5 Å². The molecule has 0 amide bonds. The Hall–Kier alpha value is -0.530. The van der Waals surface area contributed by atoms with E-state index in [0.29, 0.717) is 0 Å². The molecule has 0 saturated carbocycles. The van der Waals surface area contributed by atoms with Crippen molar-refractivity contribution >= 4 is 10.4 Å². The van der Waals surface area contributed by atoms with Crippen molar-refractivity contribution in [3.63, 3.8) is 0 Å². The molecule has 3 saturated heterocycles. The molecule has 0 aromatic heterocycles. The quantitative estimate of drug-likeness (QED) is 0.163. The fourth-order valence-electron chi connectivity index (χ4n) is 3.15. The van der Waals surface area contributed by atoms with Crippen LogP contribution in [0.25, 0.3) is 0 Å². The normalized spacial score (nSPS) is 50.7. The Balaban J connectivity index is 1.85. The van der Waals surface area contributed by atoms with Crippen molar-refractivity contribution in [2.45, 2.75) is 61.1 Å². The lowest BCUT2D eigenvalue weighted by Crippen LogP contribution is -2.68. The summed E-state index contributed by atoms with van der Waals surface area (Å²) in [6, 6.07) is 0. The Morgan fingerprint density at radius 3 is 2.37 bits per heavy atom. The number of fused-ring (bicyclic) bond motifs is 2. The molecule has 0 unspecified atom stereocenters. The number of aliphatic hydroxyl groups excluding tert-OH is 5. The smallest absolute Gasteiger partial charge is 0.394 e. The fraction of sp³-hybridized carbons (Fsp3) is 1.00. The molecule has 0 aromatic carbocycles. The number of hydrogen-bond acceptors (Lipinski definition) is 13. The van der Waals surface area contributed by atoms with Crippen LogP contribution in [0.2, 0.25) is 0 Å². The molecule has 0 spiro atoms. The van der Waals surface area contributed by atoms with Crippen LogP contribution in [-0.4, -0.2) is 118 Å². The molecule has 7 N–H and O–H groups in total. The molecule has 2 bridgehead atoms. The Morgan fingerprint density at radius 1 is 1.11 bits per heavy atom. The second kappa shape index (κ2) is 7.38. The third kappa shape index (κ3) is 3.97. The molecule has 14 nitrogen and oxygen atoms in total. The number of rotatable bonds is 5. The molecule has 3 rings (SSSR count). The van der Waals surface area contributed by atoms with Gasteiger partial charge in [-0.1, -0.05) is 0 Å². The Bertz CT molecular complexity index is 640. The van der Waals surface area contributed by atoms with Gasteiger partial charge in [0.15, 0.2) is 18.5 Å². The molecule has 10 atom stereocenters. The van der Waals surface area contributed by atoms with Gasteiger partial charge in [0.25, 0.3) is 0 Å². The van der Waals surface area contributed by atoms with Gasteiger partial charge >= 0.3 is 16.4 Å². The molecule has 15 heteroatoms. The van der Waals surface area contributed by atoms with E-state index in [1.54, 1.807) is 0 Å². The molecule has 0 aromatic rings. The minimum absolute atomic E-state index is 0.195. The van der Waals surface area contributed by atoms with Gasteiger partial charge in [0.1, 0.15) is 36.6 Å². The average molecular weight is 420 g/mol. The standard InChI is InChI=1S/C12H20O14S/c13-1-3-5(14)7(16)10(17)12(18,24-3)25-11-9(26-27(19,20)21)8-6(15)4(23-11)2-22-8/h3-11,13-18H,1-2H2,(H,19,20,21)/t3-,4-,5+,6+,7+,8-,9+,10-,11-,12+/m1/s1. The number of ether oxygens (including phenoxy) is 4. The van der Waals surface area contributed by atoms with Crippen LogP contribution in [-0.2, 0) is 33.5 Å². The highest BCUT2D eigenvalue weighted by Crippen LogP contribution is 2.37. The largest absolute Gasteiger partial charge is 0.397 e. The van der Waals surface area contributed by atoms with Gasteiger partial charge in [-0.2, -0.15) is 8.42 Å². The first kappa shape index (κ1) is 21.2. The van der Waals surface area contributed by atoms with Gasteiger partial charge in [-0.25, -0.2) is 4.18 Å². The molecular formula is C12H20O14S. The van der Waals surface area contributed by atoms with Gasteiger partial charge < -0.3 is 44.8 Å². The van der Waals surface area contributed by atoms with Crippen LogP contribution in [0, 0.1) is 0 Å². The average Bonchev–Trinajstić information content (AvgIpc) is 2.83. The highest BCUT2D eigenvalue weighted by atomic mass is 32.3. The molecule has 0 radical (unpaired) electrons. The van der Waals surface area contributed by atoms with Gasteiger partial charge in [0.2, 0.25) is 0 Å². The first-order valence-corrected chi connectivity index (χ1v) is 9.17. The summed E-state index contributed by atoms with van der Waals surface area (Å²) >= 11 is 0. The summed E-state index contributed by atoms with van der Waals surface area (Å²) in [6.45, 7) is -1.07. The topological polar surface area (TPSA) is 222 Å². The first-order valence-electron chi connectivity index (χ1n) is 7.80. The van der Waals surface area contributed by atoms with Crippen molar-refractivity contribution in [2.75, 3.05) is 13.2 Å². The molecular weight excluding hydrogens is 400 g/mol. The van der Waals surface area contributed by atoms with Gasteiger partial charge in [0, 0.05) is 0 Å². The summed E-state index contributed by atoms with van der Waals surface area (Å²) in [5, 5.41) is 59.1.